The third-order valence-corrected chi connectivity index (χ3v) is 7.45. The van der Waals surface area contributed by atoms with Crippen molar-refractivity contribution >= 4 is 5.71 Å². The van der Waals surface area contributed by atoms with Crippen LogP contribution in [0.3, 0.4) is 0 Å². The van der Waals surface area contributed by atoms with Crippen LogP contribution in [0.15, 0.2) is 84.0 Å². The predicted octanol–water partition coefficient (Wildman–Crippen LogP) is 5.46. The van der Waals surface area contributed by atoms with Crippen LogP contribution < -0.4 is 4.74 Å². The monoisotopic (exact) mass is 424 g/mol. The summed E-state index contributed by atoms with van der Waals surface area (Å²) in [6, 6.07) is 28.2. The Morgan fingerprint density at radius 2 is 1.44 bits per heavy atom. The zero-order chi connectivity index (χ0) is 21.8. The Bertz CT molecular complexity index is 1160. The smallest absolute Gasteiger partial charge is 0.208 e. The fourth-order valence-corrected chi connectivity index (χ4v) is 5.41. The summed E-state index contributed by atoms with van der Waals surface area (Å²) in [5.41, 5.74) is 5.78. The van der Waals surface area contributed by atoms with Crippen molar-refractivity contribution in [2.75, 3.05) is 27.2 Å². The highest BCUT2D eigenvalue weighted by molar-refractivity contribution is 6.02. The maximum Gasteiger partial charge on any atom is 0.208 e. The number of hydrazone groups is 1. The van der Waals surface area contributed by atoms with Crippen LogP contribution >= 0.6 is 0 Å². The summed E-state index contributed by atoms with van der Waals surface area (Å²) in [4.78, 5) is 0. The molecule has 1 spiro atoms. The van der Waals surface area contributed by atoms with Gasteiger partial charge in [-0.2, -0.15) is 5.10 Å². The van der Waals surface area contributed by atoms with Crippen LogP contribution in [0.5, 0.6) is 5.75 Å². The largest absolute Gasteiger partial charge is 0.466 e. The van der Waals surface area contributed by atoms with Crippen molar-refractivity contribution < 1.29 is 9.22 Å². The Morgan fingerprint density at radius 3 is 2.19 bits per heavy atom. The summed E-state index contributed by atoms with van der Waals surface area (Å²) >= 11 is 0. The van der Waals surface area contributed by atoms with Gasteiger partial charge in [0.2, 0.25) is 5.72 Å². The molecule has 3 aromatic carbocycles. The van der Waals surface area contributed by atoms with Gasteiger partial charge < -0.3 is 9.22 Å². The lowest BCUT2D eigenvalue weighted by atomic mass is 9.90. The Labute approximate surface area is 190 Å². The predicted molar refractivity (Wildman–Crippen MR) is 128 cm³/mol. The minimum absolute atomic E-state index is 0.248. The quantitative estimate of drug-likeness (QED) is 0.510. The third-order valence-electron chi connectivity index (χ3n) is 7.45. The van der Waals surface area contributed by atoms with Gasteiger partial charge in [0.15, 0.2) is 0 Å². The zero-order valence-electron chi connectivity index (χ0n) is 18.9. The Kier molecular flexibility index (Phi) is 4.41. The summed E-state index contributed by atoms with van der Waals surface area (Å²) in [6.07, 6.45) is 2.91. The minimum Gasteiger partial charge on any atom is -0.466 e. The van der Waals surface area contributed by atoms with Gasteiger partial charge in [0.05, 0.1) is 51.8 Å². The highest BCUT2D eigenvalue weighted by Crippen LogP contribution is 2.50. The molecule has 0 N–H and O–H groups in total. The lowest BCUT2D eigenvalue weighted by Crippen LogP contribution is -2.62. The second-order valence-electron chi connectivity index (χ2n) is 10.0. The molecule has 3 aromatic rings. The van der Waals surface area contributed by atoms with Gasteiger partial charge in [-0.1, -0.05) is 72.8 Å². The molecule has 32 heavy (non-hydrogen) atoms. The van der Waals surface area contributed by atoms with E-state index in [0.29, 0.717) is 0 Å². The number of para-hydroxylation sites is 1. The van der Waals surface area contributed by atoms with Crippen LogP contribution in [-0.4, -0.2) is 48.1 Å². The van der Waals surface area contributed by atoms with Gasteiger partial charge in [-0.25, -0.2) is 5.01 Å². The number of quaternary nitrogens is 1. The average Bonchev–Trinajstić information content (AvgIpc) is 3.29. The molecule has 4 heteroatoms. The molecule has 0 aliphatic carbocycles. The fraction of sp³-hybridized carbons (Fsp3) is 0.321. The number of likely N-dealkylation sites (tertiary alicyclic amines) is 1. The van der Waals surface area contributed by atoms with E-state index >= 15 is 0 Å². The molecule has 3 heterocycles. The van der Waals surface area contributed by atoms with Crippen LogP contribution in [0, 0.1) is 0 Å². The lowest BCUT2D eigenvalue weighted by molar-refractivity contribution is -0.898. The Hall–Kier alpha value is -3.11. The number of ether oxygens (including phenoxy) is 1. The van der Waals surface area contributed by atoms with Gasteiger partial charge in [-0.3, -0.25) is 0 Å². The van der Waals surface area contributed by atoms with E-state index in [4.69, 9.17) is 9.84 Å². The van der Waals surface area contributed by atoms with Crippen molar-refractivity contribution in [1.82, 2.24) is 5.01 Å². The van der Waals surface area contributed by atoms with Crippen molar-refractivity contribution in [3.8, 4) is 16.9 Å². The average molecular weight is 425 g/mol. The molecule has 1 atom stereocenters. The minimum atomic E-state index is -0.335. The number of piperidine rings is 1. The van der Waals surface area contributed by atoms with Gasteiger partial charge >= 0.3 is 0 Å². The van der Waals surface area contributed by atoms with E-state index in [9.17, 15) is 0 Å². The molecule has 1 unspecified atom stereocenters. The first-order chi connectivity index (χ1) is 15.5. The van der Waals surface area contributed by atoms with Crippen molar-refractivity contribution in [2.45, 2.75) is 31.0 Å². The summed E-state index contributed by atoms with van der Waals surface area (Å²) < 4.78 is 7.78. The van der Waals surface area contributed by atoms with Gasteiger partial charge in [-0.05, 0) is 22.8 Å². The van der Waals surface area contributed by atoms with Gasteiger partial charge in [0.25, 0.3) is 0 Å². The van der Waals surface area contributed by atoms with E-state index in [1.54, 1.807) is 0 Å². The highest BCUT2D eigenvalue weighted by atomic mass is 16.5. The Morgan fingerprint density at radius 1 is 0.812 bits per heavy atom. The first kappa shape index (κ1) is 19.6. The summed E-state index contributed by atoms with van der Waals surface area (Å²) in [7, 11) is 4.63. The van der Waals surface area contributed by atoms with Crippen molar-refractivity contribution in [3.05, 3.63) is 90.0 Å². The standard InChI is InChI=1S/C28H30N3O/c1-31(2)18-16-28(17-19-31)30-26(24-10-6-7-11-27(24)32-28)20-25(29-30)23-14-12-22(13-15-23)21-8-4-3-5-9-21/h3-15,26H,16-20H2,1-2H3/q+1. The molecule has 3 aliphatic rings. The first-order valence-electron chi connectivity index (χ1n) is 11.7. The number of benzene rings is 3. The summed E-state index contributed by atoms with van der Waals surface area (Å²) in [6.45, 7) is 2.20. The third kappa shape index (κ3) is 3.21. The summed E-state index contributed by atoms with van der Waals surface area (Å²) in [5, 5.41) is 7.54. The second-order valence-corrected chi connectivity index (χ2v) is 10.0. The molecule has 1 saturated heterocycles. The number of fused-ring (bicyclic) bond motifs is 4. The number of hydrogen-bond acceptors (Lipinski definition) is 3. The van der Waals surface area contributed by atoms with E-state index in [-0.39, 0.29) is 11.8 Å². The molecule has 3 aliphatic heterocycles. The van der Waals surface area contributed by atoms with Gasteiger partial charge in [0, 0.05) is 12.0 Å². The highest BCUT2D eigenvalue weighted by Gasteiger charge is 2.53. The molecular weight excluding hydrogens is 394 g/mol. The van der Waals surface area contributed by atoms with E-state index in [1.807, 2.05) is 0 Å². The molecule has 4 nitrogen and oxygen atoms in total. The molecule has 1 fully saturated rings. The first-order valence-corrected chi connectivity index (χ1v) is 11.7. The van der Waals surface area contributed by atoms with Gasteiger partial charge in [-0.15, -0.1) is 0 Å². The molecular formula is C28H30N3O+. The Balaban J connectivity index is 1.35. The van der Waals surface area contributed by atoms with Crippen LogP contribution in [0.4, 0.5) is 0 Å². The van der Waals surface area contributed by atoms with Gasteiger partial charge in [0.1, 0.15) is 5.75 Å². The van der Waals surface area contributed by atoms with E-state index in [2.05, 4.69) is 98.0 Å². The zero-order valence-corrected chi connectivity index (χ0v) is 18.9. The summed E-state index contributed by atoms with van der Waals surface area (Å²) in [5.74, 6) is 1.04. The van der Waals surface area contributed by atoms with Crippen molar-refractivity contribution in [1.29, 1.82) is 0 Å². The molecule has 6 rings (SSSR count). The lowest BCUT2D eigenvalue weighted by Gasteiger charge is -2.52. The molecule has 0 aromatic heterocycles. The molecule has 0 bridgehead atoms. The molecule has 0 radical (unpaired) electrons. The van der Waals surface area contributed by atoms with Crippen LogP contribution in [0.1, 0.15) is 36.4 Å². The fourth-order valence-electron chi connectivity index (χ4n) is 5.41. The van der Waals surface area contributed by atoms with Crippen LogP contribution in [0.25, 0.3) is 11.1 Å². The van der Waals surface area contributed by atoms with Crippen LogP contribution in [0.2, 0.25) is 0 Å². The number of nitrogens with zero attached hydrogens (tertiary/aromatic N) is 3. The van der Waals surface area contributed by atoms with E-state index < -0.39 is 0 Å². The van der Waals surface area contributed by atoms with E-state index in [1.165, 1.54) is 22.3 Å². The number of hydrogen-bond donors (Lipinski definition) is 0. The topological polar surface area (TPSA) is 24.8 Å². The SMILES string of the molecule is C[N+]1(C)CCC2(CC1)Oc1ccccc1C1CC(c3ccc(-c4ccccc4)cc3)=NN12. The second kappa shape index (κ2) is 7.21. The van der Waals surface area contributed by atoms with Crippen LogP contribution in [-0.2, 0) is 0 Å². The van der Waals surface area contributed by atoms with E-state index in [0.717, 1.165) is 48.3 Å². The van der Waals surface area contributed by atoms with Crippen molar-refractivity contribution in [3.63, 3.8) is 0 Å². The number of rotatable bonds is 2. The molecule has 0 amide bonds. The normalized spacial score (nSPS) is 22.6. The molecule has 162 valence electrons. The van der Waals surface area contributed by atoms with Crippen molar-refractivity contribution in [2.24, 2.45) is 5.10 Å². The molecule has 0 saturated carbocycles. The maximum absolute atomic E-state index is 6.74. The maximum atomic E-state index is 6.74.